The van der Waals surface area contributed by atoms with Crippen LogP contribution in [0, 0.1) is 19.8 Å². The van der Waals surface area contributed by atoms with Crippen LogP contribution in [0.3, 0.4) is 0 Å². The van der Waals surface area contributed by atoms with Crippen LogP contribution in [-0.2, 0) is 9.59 Å². The van der Waals surface area contributed by atoms with E-state index in [1.54, 1.807) is 6.20 Å². The van der Waals surface area contributed by atoms with Crippen LogP contribution in [0.5, 0.6) is 0 Å². The van der Waals surface area contributed by atoms with Crippen molar-refractivity contribution in [2.45, 2.75) is 45.2 Å². The molecule has 7 nitrogen and oxygen atoms in total. The van der Waals surface area contributed by atoms with Crippen molar-refractivity contribution in [3.05, 3.63) is 59.4 Å². The summed E-state index contributed by atoms with van der Waals surface area (Å²) in [5.74, 6) is -0.145. The summed E-state index contributed by atoms with van der Waals surface area (Å²) >= 11 is 0. The zero-order valence-electron chi connectivity index (χ0n) is 17.5. The van der Waals surface area contributed by atoms with Crippen LogP contribution < -0.4 is 16.2 Å². The van der Waals surface area contributed by atoms with Crippen molar-refractivity contribution in [1.82, 2.24) is 20.7 Å². The standard InChI is InChI=1S/C23H29N5O2/c1-15-9-16(2)11-19(10-15)25-22(29)18-6-4-8-28(14-18)23(30)21-12-20(26-27-21)17-5-3-7-24-13-17/h3,5,7,9-11,13,18,20-21,26-27H,4,6,8,12,14H2,1-2H3,(H,25,29). The summed E-state index contributed by atoms with van der Waals surface area (Å²) in [6, 6.07) is 9.70. The second-order valence-electron chi connectivity index (χ2n) is 8.40. The summed E-state index contributed by atoms with van der Waals surface area (Å²) < 4.78 is 0. The first-order valence-electron chi connectivity index (χ1n) is 10.6. The summed E-state index contributed by atoms with van der Waals surface area (Å²) in [6.45, 7) is 5.20. The lowest BCUT2D eigenvalue weighted by Gasteiger charge is -2.33. The van der Waals surface area contributed by atoms with E-state index in [-0.39, 0.29) is 29.8 Å². The van der Waals surface area contributed by atoms with Crippen molar-refractivity contribution in [3.63, 3.8) is 0 Å². The predicted octanol–water partition coefficient (Wildman–Crippen LogP) is 2.48. The Kier molecular flexibility index (Phi) is 6.11. The van der Waals surface area contributed by atoms with Gasteiger partial charge in [-0.2, -0.15) is 0 Å². The van der Waals surface area contributed by atoms with Crippen molar-refractivity contribution in [1.29, 1.82) is 0 Å². The molecule has 2 aliphatic rings. The number of carbonyl (C=O) groups excluding carboxylic acids is 2. The van der Waals surface area contributed by atoms with E-state index in [2.05, 4.69) is 27.2 Å². The Hall–Kier alpha value is -2.77. The topological polar surface area (TPSA) is 86.4 Å². The Balaban J connectivity index is 1.35. The van der Waals surface area contributed by atoms with Crippen LogP contribution in [0.4, 0.5) is 5.69 Å². The number of pyridine rings is 1. The van der Waals surface area contributed by atoms with Crippen LogP contribution in [0.15, 0.2) is 42.7 Å². The molecule has 0 bridgehead atoms. The Labute approximate surface area is 177 Å². The van der Waals surface area contributed by atoms with Gasteiger partial charge in [0.2, 0.25) is 11.8 Å². The van der Waals surface area contributed by atoms with Gasteiger partial charge < -0.3 is 10.2 Å². The normalized spacial score (nSPS) is 23.9. The van der Waals surface area contributed by atoms with Crippen molar-refractivity contribution >= 4 is 17.5 Å². The molecule has 158 valence electrons. The Morgan fingerprint density at radius 2 is 1.97 bits per heavy atom. The number of rotatable bonds is 4. The summed E-state index contributed by atoms with van der Waals surface area (Å²) in [5.41, 5.74) is 10.5. The number of hydrogen-bond acceptors (Lipinski definition) is 5. The number of nitrogens with zero attached hydrogens (tertiary/aromatic N) is 2. The Morgan fingerprint density at radius 1 is 1.17 bits per heavy atom. The van der Waals surface area contributed by atoms with Crippen LogP contribution in [0.2, 0.25) is 0 Å². The highest BCUT2D eigenvalue weighted by atomic mass is 16.2. The van der Waals surface area contributed by atoms with Gasteiger partial charge in [0, 0.05) is 37.2 Å². The van der Waals surface area contributed by atoms with Crippen molar-refractivity contribution in [2.75, 3.05) is 18.4 Å². The number of anilines is 1. The molecular formula is C23H29N5O2. The van der Waals surface area contributed by atoms with E-state index in [1.807, 2.05) is 49.2 Å². The molecule has 7 heteroatoms. The van der Waals surface area contributed by atoms with E-state index in [0.29, 0.717) is 19.5 Å². The molecule has 2 saturated heterocycles. The van der Waals surface area contributed by atoms with Crippen LogP contribution >= 0.6 is 0 Å². The molecule has 3 heterocycles. The molecule has 0 aliphatic carbocycles. The van der Waals surface area contributed by atoms with E-state index >= 15 is 0 Å². The van der Waals surface area contributed by atoms with Gasteiger partial charge in [0.15, 0.2) is 0 Å². The zero-order chi connectivity index (χ0) is 21.1. The van der Waals surface area contributed by atoms with Gasteiger partial charge in [-0.3, -0.25) is 14.6 Å². The molecular weight excluding hydrogens is 378 g/mol. The molecule has 3 unspecified atom stereocenters. The number of aryl methyl sites for hydroxylation is 2. The number of likely N-dealkylation sites (tertiary alicyclic amines) is 1. The van der Waals surface area contributed by atoms with Gasteiger partial charge in [0.05, 0.1) is 5.92 Å². The van der Waals surface area contributed by atoms with Crippen molar-refractivity contribution in [3.8, 4) is 0 Å². The van der Waals surface area contributed by atoms with Crippen LogP contribution in [0.25, 0.3) is 0 Å². The molecule has 3 atom stereocenters. The van der Waals surface area contributed by atoms with Crippen molar-refractivity contribution < 1.29 is 9.59 Å². The highest BCUT2D eigenvalue weighted by Crippen LogP contribution is 2.25. The van der Waals surface area contributed by atoms with Crippen LogP contribution in [-0.4, -0.2) is 40.8 Å². The zero-order valence-corrected chi connectivity index (χ0v) is 17.5. The fourth-order valence-corrected chi connectivity index (χ4v) is 4.42. The van der Waals surface area contributed by atoms with E-state index in [4.69, 9.17) is 0 Å². The molecule has 2 aromatic rings. The van der Waals surface area contributed by atoms with Crippen LogP contribution in [0.1, 0.15) is 42.0 Å². The summed E-state index contributed by atoms with van der Waals surface area (Å²) in [5, 5.41) is 3.04. The molecule has 0 saturated carbocycles. The first-order chi connectivity index (χ1) is 14.5. The maximum Gasteiger partial charge on any atom is 0.241 e. The minimum Gasteiger partial charge on any atom is -0.341 e. The predicted molar refractivity (Wildman–Crippen MR) is 116 cm³/mol. The van der Waals surface area contributed by atoms with E-state index in [0.717, 1.165) is 35.2 Å². The van der Waals surface area contributed by atoms with E-state index in [1.165, 1.54) is 0 Å². The molecule has 1 aromatic heterocycles. The number of aromatic nitrogens is 1. The number of nitrogens with one attached hydrogen (secondary N) is 3. The minimum atomic E-state index is -0.295. The quantitative estimate of drug-likeness (QED) is 0.725. The first-order valence-corrected chi connectivity index (χ1v) is 10.6. The molecule has 2 aliphatic heterocycles. The fraction of sp³-hybridized carbons (Fsp3) is 0.435. The van der Waals surface area contributed by atoms with E-state index < -0.39 is 0 Å². The molecule has 2 fully saturated rings. The third-order valence-electron chi connectivity index (χ3n) is 5.88. The number of amides is 2. The van der Waals surface area contributed by atoms with Gasteiger partial charge in [-0.15, -0.1) is 0 Å². The lowest BCUT2D eigenvalue weighted by Crippen LogP contribution is -2.50. The van der Waals surface area contributed by atoms with Gasteiger partial charge in [-0.25, -0.2) is 10.9 Å². The lowest BCUT2D eigenvalue weighted by atomic mass is 9.95. The molecule has 3 N–H and O–H groups in total. The molecule has 4 rings (SSSR count). The monoisotopic (exact) mass is 407 g/mol. The average Bonchev–Trinajstić information content (AvgIpc) is 3.23. The first kappa shape index (κ1) is 20.5. The number of carbonyl (C=O) groups is 2. The smallest absolute Gasteiger partial charge is 0.241 e. The summed E-state index contributed by atoms with van der Waals surface area (Å²) in [6.07, 6.45) is 5.87. The lowest BCUT2D eigenvalue weighted by molar-refractivity contribution is -0.136. The van der Waals surface area contributed by atoms with Crippen molar-refractivity contribution in [2.24, 2.45) is 5.92 Å². The fourth-order valence-electron chi connectivity index (χ4n) is 4.42. The molecule has 2 amide bonds. The molecule has 30 heavy (non-hydrogen) atoms. The number of piperidine rings is 1. The Bertz CT molecular complexity index is 897. The largest absolute Gasteiger partial charge is 0.341 e. The molecule has 0 radical (unpaired) electrons. The second kappa shape index (κ2) is 8.93. The molecule has 1 aromatic carbocycles. The van der Waals surface area contributed by atoms with Gasteiger partial charge in [0.1, 0.15) is 6.04 Å². The maximum atomic E-state index is 13.1. The summed E-state index contributed by atoms with van der Waals surface area (Å²) in [4.78, 5) is 31.9. The molecule has 0 spiro atoms. The van der Waals surface area contributed by atoms with Gasteiger partial charge in [-0.1, -0.05) is 12.1 Å². The maximum absolute atomic E-state index is 13.1. The SMILES string of the molecule is Cc1cc(C)cc(NC(=O)C2CCCN(C(=O)C3CC(c4cccnc4)NN3)C2)c1. The van der Waals surface area contributed by atoms with E-state index in [9.17, 15) is 9.59 Å². The second-order valence-corrected chi connectivity index (χ2v) is 8.40. The highest BCUT2D eigenvalue weighted by molar-refractivity contribution is 5.93. The average molecular weight is 408 g/mol. The minimum absolute atomic E-state index is 0.0109. The van der Waals surface area contributed by atoms with Gasteiger partial charge in [0.25, 0.3) is 0 Å². The highest BCUT2D eigenvalue weighted by Gasteiger charge is 2.36. The third-order valence-corrected chi connectivity index (χ3v) is 5.88. The summed E-state index contributed by atoms with van der Waals surface area (Å²) in [7, 11) is 0. The Morgan fingerprint density at radius 3 is 2.70 bits per heavy atom. The number of benzene rings is 1. The number of hydrogen-bond donors (Lipinski definition) is 3. The van der Waals surface area contributed by atoms with Gasteiger partial charge in [-0.05, 0) is 68.0 Å². The van der Waals surface area contributed by atoms with Gasteiger partial charge >= 0.3 is 0 Å². The number of hydrazine groups is 1. The third kappa shape index (κ3) is 4.68.